The van der Waals surface area contributed by atoms with E-state index in [-0.39, 0.29) is 19.8 Å². The van der Waals surface area contributed by atoms with Crippen molar-refractivity contribution in [3.63, 3.8) is 0 Å². The maximum atomic E-state index is 11.0. The standard InChI is InChI=1S/C35H36O5/c1-2-32(36)34(39-25-30-19-11-5-12-20-30)35(40-26-31-21-13-6-14-22-31)33(38-24-29-17-9-4-10-18-29)27-37-23-28-15-7-3-8-16-28/h1,3-22,32-36H,23-27H2/t32-,33+,34-,35+/m0/s1. The summed E-state index contributed by atoms with van der Waals surface area (Å²) in [7, 11) is 0. The molecule has 0 radical (unpaired) electrons. The predicted octanol–water partition coefficient (Wildman–Crippen LogP) is 5.95. The molecular weight excluding hydrogens is 500 g/mol. The molecule has 4 aromatic carbocycles. The van der Waals surface area contributed by atoms with Crippen LogP contribution >= 0.6 is 0 Å². The highest BCUT2D eigenvalue weighted by Gasteiger charge is 2.37. The van der Waals surface area contributed by atoms with Crippen LogP contribution in [0.2, 0.25) is 0 Å². The van der Waals surface area contributed by atoms with Crippen LogP contribution in [0.15, 0.2) is 121 Å². The zero-order chi connectivity index (χ0) is 27.8. The van der Waals surface area contributed by atoms with Crippen LogP contribution < -0.4 is 0 Å². The second-order valence-corrected chi connectivity index (χ2v) is 9.47. The Kier molecular flexibility index (Phi) is 12.0. The Balaban J connectivity index is 1.58. The molecule has 4 atom stereocenters. The SMILES string of the molecule is C#C[C@H](O)[C@H](OCc1ccccc1)[C@H](OCc1ccccc1)[C@@H](COCc1ccccc1)OCc1ccccc1. The predicted molar refractivity (Wildman–Crippen MR) is 156 cm³/mol. The molecule has 4 aromatic rings. The molecule has 4 rings (SSSR count). The molecule has 0 fully saturated rings. The molecule has 0 unspecified atom stereocenters. The Morgan fingerprint density at radius 3 is 1.32 bits per heavy atom. The van der Waals surface area contributed by atoms with E-state index in [1.165, 1.54) is 0 Å². The Morgan fingerprint density at radius 2 is 0.900 bits per heavy atom. The largest absolute Gasteiger partial charge is 0.378 e. The summed E-state index contributed by atoms with van der Waals surface area (Å²) in [5, 5.41) is 11.0. The van der Waals surface area contributed by atoms with Gasteiger partial charge in [-0.15, -0.1) is 6.42 Å². The highest BCUT2D eigenvalue weighted by molar-refractivity contribution is 5.16. The van der Waals surface area contributed by atoms with Crippen LogP contribution in [0.1, 0.15) is 22.3 Å². The van der Waals surface area contributed by atoms with E-state index in [2.05, 4.69) is 5.92 Å². The van der Waals surface area contributed by atoms with Crippen molar-refractivity contribution in [2.24, 2.45) is 0 Å². The monoisotopic (exact) mass is 536 g/mol. The van der Waals surface area contributed by atoms with Crippen molar-refractivity contribution < 1.29 is 24.1 Å². The summed E-state index contributed by atoms with van der Waals surface area (Å²) < 4.78 is 25.3. The van der Waals surface area contributed by atoms with Crippen molar-refractivity contribution in [3.8, 4) is 12.3 Å². The Hall–Kier alpha value is -3.76. The smallest absolute Gasteiger partial charge is 0.143 e. The third-order valence-corrected chi connectivity index (χ3v) is 6.44. The van der Waals surface area contributed by atoms with Gasteiger partial charge < -0.3 is 24.1 Å². The van der Waals surface area contributed by atoms with Gasteiger partial charge in [0.05, 0.1) is 33.0 Å². The summed E-state index contributed by atoms with van der Waals surface area (Å²) in [4.78, 5) is 0. The maximum absolute atomic E-state index is 11.0. The third kappa shape index (κ3) is 9.46. The van der Waals surface area contributed by atoms with Crippen LogP contribution in [0.5, 0.6) is 0 Å². The van der Waals surface area contributed by atoms with E-state index in [4.69, 9.17) is 25.4 Å². The lowest BCUT2D eigenvalue weighted by molar-refractivity contribution is -0.184. The fourth-order valence-electron chi connectivity index (χ4n) is 4.29. The molecule has 0 bridgehead atoms. The van der Waals surface area contributed by atoms with Crippen molar-refractivity contribution >= 4 is 0 Å². The maximum Gasteiger partial charge on any atom is 0.143 e. The molecule has 0 saturated carbocycles. The van der Waals surface area contributed by atoms with Crippen molar-refractivity contribution in [1.82, 2.24) is 0 Å². The number of benzene rings is 4. The van der Waals surface area contributed by atoms with Gasteiger partial charge in [-0.1, -0.05) is 127 Å². The van der Waals surface area contributed by atoms with Gasteiger partial charge >= 0.3 is 0 Å². The number of terminal acetylenes is 1. The van der Waals surface area contributed by atoms with E-state index in [9.17, 15) is 5.11 Å². The van der Waals surface area contributed by atoms with Crippen LogP contribution in [-0.2, 0) is 45.4 Å². The molecule has 0 aliphatic heterocycles. The molecule has 0 heterocycles. The van der Waals surface area contributed by atoms with E-state index >= 15 is 0 Å². The summed E-state index contributed by atoms with van der Waals surface area (Å²) in [6.07, 6.45) is 2.32. The average molecular weight is 537 g/mol. The number of aliphatic hydroxyl groups excluding tert-OH is 1. The van der Waals surface area contributed by atoms with Gasteiger partial charge in [-0.05, 0) is 22.3 Å². The molecule has 5 heteroatoms. The molecule has 40 heavy (non-hydrogen) atoms. The zero-order valence-corrected chi connectivity index (χ0v) is 22.5. The molecule has 0 amide bonds. The number of ether oxygens (including phenoxy) is 4. The fraction of sp³-hybridized carbons (Fsp3) is 0.257. The van der Waals surface area contributed by atoms with Crippen LogP contribution in [0.3, 0.4) is 0 Å². The van der Waals surface area contributed by atoms with Gasteiger partial charge in [-0.2, -0.15) is 0 Å². The normalized spacial score (nSPS) is 14.1. The Bertz CT molecular complexity index is 1260. The van der Waals surface area contributed by atoms with E-state index in [0.29, 0.717) is 13.2 Å². The molecular formula is C35H36O5. The van der Waals surface area contributed by atoms with E-state index in [1.54, 1.807) is 0 Å². The van der Waals surface area contributed by atoms with Gasteiger partial charge in [0, 0.05) is 0 Å². The van der Waals surface area contributed by atoms with Crippen LogP contribution in [0, 0.1) is 12.3 Å². The lowest BCUT2D eigenvalue weighted by Gasteiger charge is -2.34. The van der Waals surface area contributed by atoms with Crippen LogP contribution in [0.25, 0.3) is 0 Å². The summed E-state index contributed by atoms with van der Waals surface area (Å²) in [5.74, 6) is 2.44. The van der Waals surface area contributed by atoms with Gasteiger partial charge in [0.25, 0.3) is 0 Å². The van der Waals surface area contributed by atoms with Gasteiger partial charge in [-0.25, -0.2) is 0 Å². The first kappa shape index (κ1) is 29.2. The second kappa shape index (κ2) is 16.4. The van der Waals surface area contributed by atoms with Gasteiger partial charge in [-0.3, -0.25) is 0 Å². The molecule has 0 aliphatic carbocycles. The van der Waals surface area contributed by atoms with E-state index in [1.807, 2.05) is 121 Å². The first-order valence-corrected chi connectivity index (χ1v) is 13.5. The molecule has 5 nitrogen and oxygen atoms in total. The molecule has 1 N–H and O–H groups in total. The Labute approximate surface area is 237 Å². The van der Waals surface area contributed by atoms with Gasteiger partial charge in [0.15, 0.2) is 0 Å². The molecule has 0 spiro atoms. The number of hydrogen-bond acceptors (Lipinski definition) is 5. The van der Waals surface area contributed by atoms with Crippen molar-refractivity contribution in [2.75, 3.05) is 6.61 Å². The summed E-state index contributed by atoms with van der Waals surface area (Å²) in [5.41, 5.74) is 4.00. The summed E-state index contributed by atoms with van der Waals surface area (Å²) in [6.45, 7) is 1.50. The number of aliphatic hydroxyl groups is 1. The first-order valence-electron chi connectivity index (χ1n) is 13.5. The quantitative estimate of drug-likeness (QED) is 0.179. The highest BCUT2D eigenvalue weighted by Crippen LogP contribution is 2.22. The third-order valence-electron chi connectivity index (χ3n) is 6.44. The van der Waals surface area contributed by atoms with Crippen molar-refractivity contribution in [1.29, 1.82) is 0 Å². The lowest BCUT2D eigenvalue weighted by Crippen LogP contribution is -2.50. The summed E-state index contributed by atoms with van der Waals surface area (Å²) in [6, 6.07) is 39.5. The highest BCUT2D eigenvalue weighted by atomic mass is 16.6. The second-order valence-electron chi connectivity index (χ2n) is 9.47. The molecule has 0 aliphatic rings. The number of hydrogen-bond donors (Lipinski definition) is 1. The minimum absolute atomic E-state index is 0.212. The van der Waals surface area contributed by atoms with E-state index in [0.717, 1.165) is 22.3 Å². The minimum Gasteiger partial charge on any atom is -0.378 e. The van der Waals surface area contributed by atoms with E-state index < -0.39 is 24.4 Å². The molecule has 206 valence electrons. The van der Waals surface area contributed by atoms with Crippen molar-refractivity contribution in [3.05, 3.63) is 144 Å². The van der Waals surface area contributed by atoms with Gasteiger partial charge in [0.1, 0.15) is 24.4 Å². The number of rotatable bonds is 16. The Morgan fingerprint density at radius 1 is 0.525 bits per heavy atom. The van der Waals surface area contributed by atoms with Gasteiger partial charge in [0.2, 0.25) is 0 Å². The van der Waals surface area contributed by atoms with Crippen molar-refractivity contribution in [2.45, 2.75) is 50.8 Å². The lowest BCUT2D eigenvalue weighted by atomic mass is 10.0. The zero-order valence-electron chi connectivity index (χ0n) is 22.5. The molecule has 0 aromatic heterocycles. The van der Waals surface area contributed by atoms with Crippen LogP contribution in [-0.4, -0.2) is 36.1 Å². The fourth-order valence-corrected chi connectivity index (χ4v) is 4.29. The minimum atomic E-state index is -1.22. The van der Waals surface area contributed by atoms with Crippen LogP contribution in [0.4, 0.5) is 0 Å². The topological polar surface area (TPSA) is 57.2 Å². The first-order chi connectivity index (χ1) is 19.7. The molecule has 0 saturated heterocycles. The average Bonchev–Trinajstić information content (AvgIpc) is 3.02. The summed E-state index contributed by atoms with van der Waals surface area (Å²) >= 11 is 0.